The number of methoxy groups -OCH3 is 1. The van der Waals surface area contributed by atoms with Crippen LogP contribution in [-0.2, 0) is 9.47 Å². The molecule has 0 aliphatic carbocycles. The number of aryl methyl sites for hydroxylation is 2. The predicted molar refractivity (Wildman–Crippen MR) is 84.7 cm³/mol. The first-order valence-electron chi connectivity index (χ1n) is 7.57. The van der Waals surface area contributed by atoms with Crippen molar-refractivity contribution in [2.45, 2.75) is 20.0 Å². The highest BCUT2D eigenvalue weighted by Gasteiger charge is 2.25. The number of rotatable bonds is 3. The van der Waals surface area contributed by atoms with Crippen LogP contribution in [-0.4, -0.2) is 37.8 Å². The topological polar surface area (TPSA) is 64.8 Å². The third-order valence-electron chi connectivity index (χ3n) is 3.95. The van der Waals surface area contributed by atoms with Gasteiger partial charge < -0.3 is 18.8 Å². The van der Waals surface area contributed by atoms with Gasteiger partial charge >= 0.3 is 5.97 Å². The Labute approximate surface area is 135 Å². The molecule has 3 heterocycles. The Kier molecular flexibility index (Phi) is 4.34. The maximum atomic E-state index is 11.7. The highest BCUT2D eigenvalue weighted by atomic mass is 16.5. The summed E-state index contributed by atoms with van der Waals surface area (Å²) in [5.74, 6) is 2.16. The molecule has 0 N–H and O–H groups in total. The lowest BCUT2D eigenvalue weighted by Crippen LogP contribution is -2.38. The quantitative estimate of drug-likeness (QED) is 0.811. The zero-order chi connectivity index (χ0) is 16.4. The van der Waals surface area contributed by atoms with Crippen molar-refractivity contribution in [1.29, 1.82) is 0 Å². The van der Waals surface area contributed by atoms with Gasteiger partial charge in [0.2, 0.25) is 0 Å². The van der Waals surface area contributed by atoms with E-state index in [2.05, 4.69) is 9.88 Å². The summed E-state index contributed by atoms with van der Waals surface area (Å²) in [6, 6.07) is 7.48. The molecule has 23 heavy (non-hydrogen) atoms. The van der Waals surface area contributed by atoms with Crippen molar-refractivity contribution in [3.05, 3.63) is 47.0 Å². The second-order valence-corrected chi connectivity index (χ2v) is 5.55. The SMILES string of the molecule is COC(=O)c1ccc(N2CCO[C@H](c3ccc(C)o3)C2)nc1C. The molecule has 6 heteroatoms. The second-order valence-electron chi connectivity index (χ2n) is 5.55. The summed E-state index contributed by atoms with van der Waals surface area (Å²) in [5.41, 5.74) is 1.15. The number of esters is 1. The van der Waals surface area contributed by atoms with Crippen LogP contribution in [0.1, 0.15) is 33.7 Å². The van der Waals surface area contributed by atoms with Crippen molar-refractivity contribution in [2.75, 3.05) is 31.7 Å². The molecule has 0 unspecified atom stereocenters. The largest absolute Gasteiger partial charge is 0.465 e. The number of morpholine rings is 1. The number of nitrogens with zero attached hydrogens (tertiary/aromatic N) is 2. The summed E-state index contributed by atoms with van der Waals surface area (Å²) in [7, 11) is 1.37. The number of hydrogen-bond donors (Lipinski definition) is 0. The fraction of sp³-hybridized carbons (Fsp3) is 0.412. The normalized spacial score (nSPS) is 18.0. The molecular formula is C17H20N2O4. The maximum absolute atomic E-state index is 11.7. The molecule has 0 amide bonds. The summed E-state index contributed by atoms with van der Waals surface area (Å²) in [5, 5.41) is 0. The first kappa shape index (κ1) is 15.6. The van der Waals surface area contributed by atoms with Crippen molar-refractivity contribution in [3.63, 3.8) is 0 Å². The molecule has 1 saturated heterocycles. The summed E-state index contributed by atoms with van der Waals surface area (Å²) in [4.78, 5) is 18.3. The highest BCUT2D eigenvalue weighted by Crippen LogP contribution is 2.27. The first-order valence-corrected chi connectivity index (χ1v) is 7.57. The predicted octanol–water partition coefficient (Wildman–Crippen LogP) is 2.66. The van der Waals surface area contributed by atoms with Gasteiger partial charge in [0.25, 0.3) is 0 Å². The lowest BCUT2D eigenvalue weighted by atomic mass is 10.2. The molecule has 0 spiro atoms. The third kappa shape index (κ3) is 3.22. The Hall–Kier alpha value is -2.34. The molecule has 0 radical (unpaired) electrons. The molecule has 0 bridgehead atoms. The van der Waals surface area contributed by atoms with Crippen molar-refractivity contribution in [3.8, 4) is 0 Å². The summed E-state index contributed by atoms with van der Waals surface area (Å²) in [6.07, 6.45) is -0.111. The van der Waals surface area contributed by atoms with Gasteiger partial charge in [0.15, 0.2) is 0 Å². The minimum absolute atomic E-state index is 0.111. The van der Waals surface area contributed by atoms with Crippen molar-refractivity contribution >= 4 is 11.8 Å². The van der Waals surface area contributed by atoms with Crippen LogP contribution in [0.3, 0.4) is 0 Å². The van der Waals surface area contributed by atoms with Crippen LogP contribution in [0.25, 0.3) is 0 Å². The van der Waals surface area contributed by atoms with Gasteiger partial charge in [-0.1, -0.05) is 0 Å². The smallest absolute Gasteiger partial charge is 0.339 e. The summed E-state index contributed by atoms with van der Waals surface area (Å²) < 4.78 is 16.2. The molecule has 1 aliphatic heterocycles. The van der Waals surface area contributed by atoms with Gasteiger partial charge in [-0.15, -0.1) is 0 Å². The lowest BCUT2D eigenvalue weighted by molar-refractivity contribution is 0.0250. The standard InChI is InChI=1S/C17H20N2O4/c1-11-4-6-14(23-11)15-10-19(8-9-22-15)16-7-5-13(12(2)18-16)17(20)21-3/h4-7,15H,8-10H2,1-3H3/t15-/m0/s1. The van der Waals surface area contributed by atoms with Crippen molar-refractivity contribution in [1.82, 2.24) is 4.98 Å². The molecule has 2 aromatic rings. The van der Waals surface area contributed by atoms with E-state index in [1.807, 2.05) is 32.0 Å². The second kappa shape index (κ2) is 6.42. The minimum Gasteiger partial charge on any atom is -0.465 e. The molecule has 1 fully saturated rings. The van der Waals surface area contributed by atoms with Crippen LogP contribution < -0.4 is 4.90 Å². The monoisotopic (exact) mass is 316 g/mol. The van der Waals surface area contributed by atoms with E-state index >= 15 is 0 Å². The van der Waals surface area contributed by atoms with Crippen LogP contribution in [0.5, 0.6) is 0 Å². The Bertz CT molecular complexity index is 710. The lowest BCUT2D eigenvalue weighted by Gasteiger charge is -2.33. The summed E-state index contributed by atoms with van der Waals surface area (Å²) in [6.45, 7) is 5.74. The maximum Gasteiger partial charge on any atom is 0.339 e. The van der Waals surface area contributed by atoms with Gasteiger partial charge in [-0.2, -0.15) is 0 Å². The van der Waals surface area contributed by atoms with Gasteiger partial charge in [-0.3, -0.25) is 0 Å². The Morgan fingerprint density at radius 1 is 1.30 bits per heavy atom. The molecular weight excluding hydrogens is 296 g/mol. The Morgan fingerprint density at radius 2 is 2.13 bits per heavy atom. The zero-order valence-corrected chi connectivity index (χ0v) is 13.5. The van der Waals surface area contributed by atoms with E-state index in [0.29, 0.717) is 24.4 Å². The van der Waals surface area contributed by atoms with E-state index in [1.165, 1.54) is 7.11 Å². The molecule has 1 atom stereocenters. The fourth-order valence-corrected chi connectivity index (χ4v) is 2.71. The number of anilines is 1. The van der Waals surface area contributed by atoms with E-state index in [1.54, 1.807) is 6.07 Å². The molecule has 1 aliphatic rings. The van der Waals surface area contributed by atoms with Crippen molar-refractivity contribution in [2.24, 2.45) is 0 Å². The number of carbonyl (C=O) groups excluding carboxylic acids is 1. The number of carbonyl (C=O) groups is 1. The van der Waals surface area contributed by atoms with Crippen LogP contribution in [0.2, 0.25) is 0 Å². The average molecular weight is 316 g/mol. The van der Waals surface area contributed by atoms with Crippen LogP contribution in [0.15, 0.2) is 28.7 Å². The molecule has 3 rings (SSSR count). The van der Waals surface area contributed by atoms with Crippen LogP contribution >= 0.6 is 0 Å². The minimum atomic E-state index is -0.368. The molecule has 0 saturated carbocycles. The Morgan fingerprint density at radius 3 is 2.78 bits per heavy atom. The first-order chi connectivity index (χ1) is 11.1. The molecule has 6 nitrogen and oxygen atoms in total. The summed E-state index contributed by atoms with van der Waals surface area (Å²) >= 11 is 0. The number of hydrogen-bond acceptors (Lipinski definition) is 6. The molecule has 0 aromatic carbocycles. The third-order valence-corrected chi connectivity index (χ3v) is 3.95. The van der Waals surface area contributed by atoms with Crippen LogP contribution in [0.4, 0.5) is 5.82 Å². The number of ether oxygens (including phenoxy) is 2. The van der Waals surface area contributed by atoms with Gasteiger partial charge in [0.1, 0.15) is 23.4 Å². The molecule has 2 aromatic heterocycles. The van der Waals surface area contributed by atoms with E-state index < -0.39 is 0 Å². The van der Waals surface area contributed by atoms with Gasteiger partial charge in [-0.05, 0) is 38.1 Å². The van der Waals surface area contributed by atoms with E-state index in [-0.39, 0.29) is 12.1 Å². The number of pyridine rings is 1. The van der Waals surface area contributed by atoms with E-state index in [4.69, 9.17) is 13.9 Å². The van der Waals surface area contributed by atoms with Gasteiger partial charge in [0.05, 0.1) is 31.5 Å². The highest BCUT2D eigenvalue weighted by molar-refractivity contribution is 5.90. The average Bonchev–Trinajstić information content (AvgIpc) is 3.01. The fourth-order valence-electron chi connectivity index (χ4n) is 2.71. The number of aromatic nitrogens is 1. The van der Waals surface area contributed by atoms with Crippen molar-refractivity contribution < 1.29 is 18.7 Å². The Balaban J connectivity index is 1.78. The zero-order valence-electron chi connectivity index (χ0n) is 13.5. The number of furan rings is 1. The van der Waals surface area contributed by atoms with E-state index in [9.17, 15) is 4.79 Å². The molecule has 122 valence electrons. The van der Waals surface area contributed by atoms with Crippen LogP contribution in [0, 0.1) is 13.8 Å². The van der Waals surface area contributed by atoms with E-state index in [0.717, 1.165) is 23.9 Å². The van der Waals surface area contributed by atoms with Gasteiger partial charge in [0, 0.05) is 6.54 Å². The van der Waals surface area contributed by atoms with Gasteiger partial charge in [-0.25, -0.2) is 9.78 Å².